The highest BCUT2D eigenvalue weighted by Crippen LogP contribution is 2.29. The molecule has 0 spiro atoms. The van der Waals surface area contributed by atoms with Gasteiger partial charge in [-0.1, -0.05) is 0 Å². The number of furan rings is 1. The highest BCUT2D eigenvalue weighted by Gasteiger charge is 2.30. The van der Waals surface area contributed by atoms with Crippen LogP contribution in [0.4, 0.5) is 18.9 Å². The van der Waals surface area contributed by atoms with Crippen molar-refractivity contribution in [2.45, 2.75) is 25.6 Å². The molecule has 29 heavy (non-hydrogen) atoms. The van der Waals surface area contributed by atoms with Crippen molar-refractivity contribution in [1.82, 2.24) is 10.2 Å². The molecule has 156 valence electrons. The van der Waals surface area contributed by atoms with Gasteiger partial charge in [0.15, 0.2) is 0 Å². The van der Waals surface area contributed by atoms with Crippen LogP contribution in [-0.4, -0.2) is 36.3 Å². The third-order valence-corrected chi connectivity index (χ3v) is 4.84. The van der Waals surface area contributed by atoms with Crippen molar-refractivity contribution >= 4 is 17.5 Å². The Balaban J connectivity index is 1.39. The fraction of sp³-hybridized carbons (Fsp3) is 0.400. The lowest BCUT2D eigenvalue weighted by Crippen LogP contribution is -2.43. The lowest BCUT2D eigenvalue weighted by molar-refractivity contribution is -0.137. The first-order valence-electron chi connectivity index (χ1n) is 9.31. The third kappa shape index (κ3) is 6.08. The van der Waals surface area contributed by atoms with Gasteiger partial charge < -0.3 is 15.1 Å². The number of carbonyl (C=O) groups excluding carboxylic acids is 2. The van der Waals surface area contributed by atoms with E-state index >= 15 is 0 Å². The number of nitrogens with zero attached hydrogens (tertiary/aromatic N) is 1. The second kappa shape index (κ2) is 9.13. The second-order valence-electron chi connectivity index (χ2n) is 6.97. The Morgan fingerprint density at radius 3 is 2.38 bits per heavy atom. The molecule has 1 fully saturated rings. The third-order valence-electron chi connectivity index (χ3n) is 4.84. The molecular weight excluding hydrogens is 387 g/mol. The van der Waals surface area contributed by atoms with Crippen LogP contribution in [0.15, 0.2) is 47.1 Å². The van der Waals surface area contributed by atoms with Crippen molar-refractivity contribution in [2.24, 2.45) is 5.92 Å². The van der Waals surface area contributed by atoms with E-state index in [-0.39, 0.29) is 24.3 Å². The van der Waals surface area contributed by atoms with E-state index in [9.17, 15) is 22.8 Å². The fourth-order valence-electron chi connectivity index (χ4n) is 3.23. The van der Waals surface area contributed by atoms with Gasteiger partial charge in [0.2, 0.25) is 11.8 Å². The molecule has 0 radical (unpaired) electrons. The zero-order valence-electron chi connectivity index (χ0n) is 15.7. The van der Waals surface area contributed by atoms with Gasteiger partial charge in [-0.25, -0.2) is 0 Å². The van der Waals surface area contributed by atoms with Gasteiger partial charge in [0.05, 0.1) is 24.9 Å². The molecule has 1 aliphatic rings. The Hall–Kier alpha value is -2.81. The SMILES string of the molecule is O=C(CN1CCC(C(=O)NCc2ccco2)CC1)Nc1ccc(C(F)(F)F)cc1. The van der Waals surface area contributed by atoms with Gasteiger partial charge >= 0.3 is 6.18 Å². The maximum atomic E-state index is 12.6. The molecular formula is C20H22F3N3O3. The minimum Gasteiger partial charge on any atom is -0.467 e. The van der Waals surface area contributed by atoms with E-state index in [1.807, 2.05) is 4.90 Å². The van der Waals surface area contributed by atoms with Gasteiger partial charge in [0, 0.05) is 11.6 Å². The molecule has 0 unspecified atom stereocenters. The molecule has 6 nitrogen and oxygen atoms in total. The summed E-state index contributed by atoms with van der Waals surface area (Å²) in [4.78, 5) is 26.3. The van der Waals surface area contributed by atoms with E-state index in [0.717, 1.165) is 12.1 Å². The van der Waals surface area contributed by atoms with Crippen LogP contribution in [0.3, 0.4) is 0 Å². The number of hydrogen-bond acceptors (Lipinski definition) is 4. The lowest BCUT2D eigenvalue weighted by Gasteiger charge is -2.30. The van der Waals surface area contributed by atoms with Gasteiger partial charge in [0.25, 0.3) is 0 Å². The fourth-order valence-corrected chi connectivity index (χ4v) is 3.23. The number of likely N-dealkylation sites (tertiary alicyclic amines) is 1. The Kier molecular flexibility index (Phi) is 6.58. The molecule has 9 heteroatoms. The van der Waals surface area contributed by atoms with E-state index in [4.69, 9.17) is 4.42 Å². The monoisotopic (exact) mass is 409 g/mol. The van der Waals surface area contributed by atoms with Crippen molar-refractivity contribution in [3.63, 3.8) is 0 Å². The normalized spacial score (nSPS) is 15.8. The molecule has 0 atom stereocenters. The highest BCUT2D eigenvalue weighted by molar-refractivity contribution is 5.92. The van der Waals surface area contributed by atoms with Crippen molar-refractivity contribution in [2.75, 3.05) is 25.0 Å². The van der Waals surface area contributed by atoms with Crippen LogP contribution in [-0.2, 0) is 22.3 Å². The highest BCUT2D eigenvalue weighted by atomic mass is 19.4. The van der Waals surface area contributed by atoms with E-state index in [1.165, 1.54) is 12.1 Å². The largest absolute Gasteiger partial charge is 0.467 e. The van der Waals surface area contributed by atoms with Crippen molar-refractivity contribution in [3.05, 3.63) is 54.0 Å². The van der Waals surface area contributed by atoms with Crippen molar-refractivity contribution in [3.8, 4) is 0 Å². The average molecular weight is 409 g/mol. The molecule has 0 aliphatic carbocycles. The van der Waals surface area contributed by atoms with Crippen LogP contribution in [0.25, 0.3) is 0 Å². The first kappa shape index (κ1) is 20.9. The summed E-state index contributed by atoms with van der Waals surface area (Å²) in [7, 11) is 0. The van der Waals surface area contributed by atoms with Crippen molar-refractivity contribution in [1.29, 1.82) is 0 Å². The summed E-state index contributed by atoms with van der Waals surface area (Å²) >= 11 is 0. The summed E-state index contributed by atoms with van der Waals surface area (Å²) in [6.45, 7) is 1.67. The summed E-state index contributed by atoms with van der Waals surface area (Å²) in [6.07, 6.45) is -1.58. The number of anilines is 1. The molecule has 3 rings (SSSR count). The second-order valence-corrected chi connectivity index (χ2v) is 6.97. The van der Waals surface area contributed by atoms with Crippen molar-refractivity contribution < 1.29 is 27.2 Å². The first-order valence-corrected chi connectivity index (χ1v) is 9.31. The number of benzene rings is 1. The number of hydrogen-bond donors (Lipinski definition) is 2. The van der Waals surface area contributed by atoms with E-state index in [1.54, 1.807) is 18.4 Å². The zero-order valence-corrected chi connectivity index (χ0v) is 15.7. The minimum absolute atomic E-state index is 0.0322. The number of rotatable bonds is 6. The van der Waals surface area contributed by atoms with Crippen LogP contribution in [0.5, 0.6) is 0 Å². The Labute approximate surface area is 166 Å². The van der Waals surface area contributed by atoms with Gasteiger partial charge in [-0.05, 0) is 62.3 Å². The molecule has 2 heterocycles. The topological polar surface area (TPSA) is 74.6 Å². The van der Waals surface area contributed by atoms with Crippen LogP contribution in [0.1, 0.15) is 24.2 Å². The summed E-state index contributed by atoms with van der Waals surface area (Å²) in [5.41, 5.74) is -0.446. The van der Waals surface area contributed by atoms with Gasteiger partial charge in [0.1, 0.15) is 5.76 Å². The van der Waals surface area contributed by atoms with E-state index in [0.29, 0.717) is 43.9 Å². The smallest absolute Gasteiger partial charge is 0.416 e. The van der Waals surface area contributed by atoms with Gasteiger partial charge in [-0.15, -0.1) is 0 Å². The number of carbonyl (C=O) groups is 2. The molecule has 2 aromatic rings. The molecule has 1 aliphatic heterocycles. The Bertz CT molecular complexity index is 812. The quantitative estimate of drug-likeness (QED) is 0.768. The number of halogens is 3. The standard InChI is InChI=1S/C20H22F3N3O3/c21-20(22,23)15-3-5-16(6-4-15)25-18(27)13-26-9-7-14(8-10-26)19(28)24-12-17-2-1-11-29-17/h1-6,11,14H,7-10,12-13H2,(H,24,28)(H,25,27). The summed E-state index contributed by atoms with van der Waals surface area (Å²) < 4.78 is 42.9. The average Bonchev–Trinajstić information content (AvgIpc) is 3.20. The Morgan fingerprint density at radius 1 is 1.10 bits per heavy atom. The minimum atomic E-state index is -4.41. The maximum absolute atomic E-state index is 12.6. The maximum Gasteiger partial charge on any atom is 0.416 e. The van der Waals surface area contributed by atoms with Gasteiger partial charge in [-0.2, -0.15) is 13.2 Å². The summed E-state index contributed by atoms with van der Waals surface area (Å²) in [5, 5.41) is 5.45. The molecule has 1 saturated heterocycles. The van der Waals surface area contributed by atoms with Gasteiger partial charge in [-0.3, -0.25) is 14.5 Å². The number of nitrogens with one attached hydrogen (secondary N) is 2. The van der Waals surface area contributed by atoms with Crippen LogP contribution >= 0.6 is 0 Å². The molecule has 2 amide bonds. The lowest BCUT2D eigenvalue weighted by atomic mass is 9.96. The first-order chi connectivity index (χ1) is 13.8. The van der Waals surface area contributed by atoms with E-state index < -0.39 is 11.7 Å². The molecule has 1 aromatic carbocycles. The zero-order chi connectivity index (χ0) is 20.9. The predicted octanol–water partition coefficient (Wildman–Crippen LogP) is 3.27. The summed E-state index contributed by atoms with van der Waals surface area (Å²) in [5.74, 6) is 0.246. The Morgan fingerprint density at radius 2 is 1.79 bits per heavy atom. The number of alkyl halides is 3. The number of piperidine rings is 1. The molecule has 2 N–H and O–H groups in total. The molecule has 0 bridgehead atoms. The number of amides is 2. The predicted molar refractivity (Wildman–Crippen MR) is 99.8 cm³/mol. The van der Waals surface area contributed by atoms with Crippen LogP contribution in [0.2, 0.25) is 0 Å². The van der Waals surface area contributed by atoms with E-state index in [2.05, 4.69) is 10.6 Å². The van der Waals surface area contributed by atoms with Crippen LogP contribution < -0.4 is 10.6 Å². The molecule has 0 saturated carbocycles. The molecule has 1 aromatic heterocycles. The summed E-state index contributed by atoms with van der Waals surface area (Å²) in [6, 6.07) is 7.88. The van der Waals surface area contributed by atoms with Crippen LogP contribution in [0, 0.1) is 5.92 Å².